The van der Waals surface area contributed by atoms with Crippen molar-refractivity contribution in [2.75, 3.05) is 32.7 Å². The van der Waals surface area contributed by atoms with Gasteiger partial charge >= 0.3 is 0 Å². The molecule has 0 unspecified atom stereocenters. The van der Waals surface area contributed by atoms with Gasteiger partial charge in [-0.1, -0.05) is 38.7 Å². The van der Waals surface area contributed by atoms with Crippen molar-refractivity contribution in [2.45, 2.75) is 56.9 Å². The maximum atomic E-state index is 13.4. The molecule has 1 aliphatic heterocycles. The summed E-state index contributed by atoms with van der Waals surface area (Å²) < 4.78 is 40.0. The molecule has 1 heterocycles. The van der Waals surface area contributed by atoms with Crippen LogP contribution in [0, 0.1) is 5.82 Å². The first-order chi connectivity index (χ1) is 13.3. The lowest BCUT2D eigenvalue weighted by Crippen LogP contribution is -3.15. The number of hydrogen-bond donors (Lipinski definition) is 2. The van der Waals surface area contributed by atoms with Crippen molar-refractivity contribution in [2.24, 2.45) is 0 Å². The van der Waals surface area contributed by atoms with Crippen LogP contribution in [-0.4, -0.2) is 57.4 Å². The summed E-state index contributed by atoms with van der Waals surface area (Å²) in [4.78, 5) is 13.3. The zero-order valence-corrected chi connectivity index (χ0v) is 17.7. The molecule has 8 heteroatoms. The Morgan fingerprint density at radius 1 is 1.25 bits per heavy atom. The van der Waals surface area contributed by atoms with Crippen molar-refractivity contribution in [1.29, 1.82) is 0 Å². The highest BCUT2D eigenvalue weighted by Crippen LogP contribution is 2.16. The minimum atomic E-state index is -3.69. The van der Waals surface area contributed by atoms with E-state index in [0.717, 1.165) is 23.8 Å². The van der Waals surface area contributed by atoms with Crippen molar-refractivity contribution >= 4 is 15.9 Å². The van der Waals surface area contributed by atoms with Gasteiger partial charge in [0.1, 0.15) is 5.82 Å². The van der Waals surface area contributed by atoms with E-state index < -0.39 is 15.8 Å². The second kappa shape index (κ2) is 10.9. The van der Waals surface area contributed by atoms with Crippen LogP contribution in [-0.2, 0) is 14.8 Å². The number of piperazine rings is 1. The van der Waals surface area contributed by atoms with E-state index in [1.165, 1.54) is 41.8 Å². The number of carbonyl (C=O) groups excluding carboxylic acids is 1. The van der Waals surface area contributed by atoms with E-state index in [4.69, 9.17) is 0 Å². The summed E-state index contributed by atoms with van der Waals surface area (Å²) in [5.74, 6) is -0.551. The number of nitrogens with zero attached hydrogens (tertiary/aromatic N) is 1. The van der Waals surface area contributed by atoms with Crippen LogP contribution >= 0.6 is 0 Å². The summed E-state index contributed by atoms with van der Waals surface area (Å²) in [6.45, 7) is 6.34. The first-order valence-corrected chi connectivity index (χ1v) is 11.7. The third-order valence-corrected chi connectivity index (χ3v) is 7.07. The highest BCUT2D eigenvalue weighted by Gasteiger charge is 2.31. The van der Waals surface area contributed by atoms with Crippen molar-refractivity contribution in [3.63, 3.8) is 0 Å². The van der Waals surface area contributed by atoms with Crippen LogP contribution in [0.4, 0.5) is 4.39 Å². The van der Waals surface area contributed by atoms with Gasteiger partial charge in [0, 0.05) is 6.04 Å². The number of hydrogen-bond acceptors (Lipinski definition) is 3. The van der Waals surface area contributed by atoms with Gasteiger partial charge in [-0.25, -0.2) is 12.8 Å². The Kier molecular flexibility index (Phi) is 8.85. The van der Waals surface area contributed by atoms with Crippen molar-refractivity contribution in [1.82, 2.24) is 9.62 Å². The molecule has 1 aliphatic rings. The third kappa shape index (κ3) is 6.83. The molecule has 0 bridgehead atoms. The van der Waals surface area contributed by atoms with E-state index in [1.54, 1.807) is 0 Å². The maximum absolute atomic E-state index is 13.4. The van der Waals surface area contributed by atoms with Gasteiger partial charge in [0.25, 0.3) is 5.91 Å². The predicted octanol–water partition coefficient (Wildman–Crippen LogP) is 1.19. The summed E-state index contributed by atoms with van der Waals surface area (Å²) in [6.07, 6.45) is 5.74. The number of quaternary nitrogens is 1. The van der Waals surface area contributed by atoms with Gasteiger partial charge < -0.3 is 10.2 Å². The quantitative estimate of drug-likeness (QED) is 0.565. The molecule has 0 aromatic heterocycles. The Labute approximate surface area is 168 Å². The molecule has 2 N–H and O–H groups in total. The molecule has 158 valence electrons. The highest BCUT2D eigenvalue weighted by atomic mass is 32.2. The van der Waals surface area contributed by atoms with E-state index in [1.807, 2.05) is 6.92 Å². The molecule has 1 saturated heterocycles. The summed E-state index contributed by atoms with van der Waals surface area (Å²) in [7, 11) is -3.69. The van der Waals surface area contributed by atoms with Gasteiger partial charge in [-0.2, -0.15) is 4.31 Å². The van der Waals surface area contributed by atoms with E-state index >= 15 is 0 Å². The van der Waals surface area contributed by atoms with Crippen LogP contribution in [0.2, 0.25) is 0 Å². The summed E-state index contributed by atoms with van der Waals surface area (Å²) in [6, 6.07) is 5.25. The van der Waals surface area contributed by atoms with Crippen LogP contribution in [0.1, 0.15) is 46.0 Å². The first kappa shape index (κ1) is 22.8. The molecule has 1 aromatic rings. The molecule has 6 nitrogen and oxygen atoms in total. The number of sulfonamides is 1. The van der Waals surface area contributed by atoms with Gasteiger partial charge in [-0.3, -0.25) is 4.79 Å². The number of amides is 1. The van der Waals surface area contributed by atoms with Crippen LogP contribution in [0.25, 0.3) is 0 Å². The van der Waals surface area contributed by atoms with E-state index in [2.05, 4.69) is 12.2 Å². The molecule has 0 saturated carbocycles. The van der Waals surface area contributed by atoms with E-state index in [9.17, 15) is 17.6 Å². The fraction of sp³-hybridized carbons (Fsp3) is 0.650. The second-order valence-electron chi connectivity index (χ2n) is 7.61. The molecule has 1 atom stereocenters. The van der Waals surface area contributed by atoms with Crippen molar-refractivity contribution in [3.8, 4) is 0 Å². The molecular weight excluding hydrogens is 381 g/mol. The lowest BCUT2D eigenvalue weighted by atomic mass is 10.1. The largest absolute Gasteiger partial charge is 0.349 e. The topological polar surface area (TPSA) is 70.9 Å². The Hall–Kier alpha value is -1.51. The van der Waals surface area contributed by atoms with Gasteiger partial charge in [0.05, 0.1) is 31.1 Å². The second-order valence-corrected chi connectivity index (χ2v) is 9.54. The number of benzene rings is 1. The Morgan fingerprint density at radius 3 is 2.61 bits per heavy atom. The fourth-order valence-corrected chi connectivity index (χ4v) is 4.97. The molecule has 2 rings (SSSR count). The zero-order valence-electron chi connectivity index (χ0n) is 16.9. The molecule has 0 spiro atoms. The Morgan fingerprint density at radius 2 is 1.96 bits per heavy atom. The van der Waals surface area contributed by atoms with Gasteiger partial charge in [0.15, 0.2) is 6.54 Å². The molecule has 28 heavy (non-hydrogen) atoms. The SMILES string of the molecule is CCCCCC[C@@H](C)NC(=O)C[NH+]1CCN(S(=O)(=O)c2cccc(F)c2)CC1. The predicted molar refractivity (Wildman–Crippen MR) is 107 cm³/mol. The molecule has 0 radical (unpaired) electrons. The standard InChI is InChI=1S/C20H32FN3O3S/c1-3-4-5-6-8-17(2)22-20(25)16-23-11-13-24(14-12-23)28(26,27)19-10-7-9-18(21)15-19/h7,9-10,15,17H,3-6,8,11-14,16H2,1-2H3,(H,22,25)/p+1/t17-/m1/s1. The first-order valence-electron chi connectivity index (χ1n) is 10.2. The van der Waals surface area contributed by atoms with E-state index in [-0.39, 0.29) is 16.8 Å². The van der Waals surface area contributed by atoms with Gasteiger partial charge in [-0.15, -0.1) is 0 Å². The van der Waals surface area contributed by atoms with Crippen LogP contribution in [0.15, 0.2) is 29.2 Å². The van der Waals surface area contributed by atoms with Crippen LogP contribution in [0.5, 0.6) is 0 Å². The Balaban J connectivity index is 1.76. The van der Waals surface area contributed by atoms with Gasteiger partial charge in [0.2, 0.25) is 10.0 Å². The minimum absolute atomic E-state index is 0.0134. The molecule has 1 aromatic carbocycles. The van der Waals surface area contributed by atoms with Crippen LogP contribution in [0.3, 0.4) is 0 Å². The third-order valence-electron chi connectivity index (χ3n) is 5.17. The molecule has 1 amide bonds. The molecule has 1 fully saturated rings. The lowest BCUT2D eigenvalue weighted by Gasteiger charge is -2.31. The summed E-state index contributed by atoms with van der Waals surface area (Å²) >= 11 is 0. The van der Waals surface area contributed by atoms with Crippen LogP contribution < -0.4 is 10.2 Å². The minimum Gasteiger partial charge on any atom is -0.349 e. The monoisotopic (exact) mass is 414 g/mol. The molecule has 0 aliphatic carbocycles. The number of nitrogens with one attached hydrogen (secondary N) is 2. The highest BCUT2D eigenvalue weighted by molar-refractivity contribution is 7.89. The number of unbranched alkanes of at least 4 members (excludes halogenated alkanes) is 3. The maximum Gasteiger partial charge on any atom is 0.275 e. The number of carbonyl (C=O) groups is 1. The average Bonchev–Trinajstić information content (AvgIpc) is 2.65. The smallest absolute Gasteiger partial charge is 0.275 e. The van der Waals surface area contributed by atoms with Gasteiger partial charge in [-0.05, 0) is 31.5 Å². The average molecular weight is 415 g/mol. The van der Waals surface area contributed by atoms with Crippen molar-refractivity contribution < 1.29 is 22.5 Å². The van der Waals surface area contributed by atoms with E-state index in [0.29, 0.717) is 32.7 Å². The Bertz CT molecular complexity index is 734. The summed E-state index contributed by atoms with van der Waals surface area (Å²) in [5, 5.41) is 3.04. The normalized spacial score (nSPS) is 17.4. The zero-order chi connectivity index (χ0) is 20.6. The number of rotatable bonds is 10. The number of halogens is 1. The summed E-state index contributed by atoms with van der Waals surface area (Å²) in [5.41, 5.74) is 0. The fourth-order valence-electron chi connectivity index (χ4n) is 3.50. The van der Waals surface area contributed by atoms with Crippen molar-refractivity contribution in [3.05, 3.63) is 30.1 Å². The lowest BCUT2D eigenvalue weighted by molar-refractivity contribution is -0.895. The molecular formula is C20H33FN3O3S+.